The van der Waals surface area contributed by atoms with Crippen LogP contribution in [0, 0.1) is 0 Å². The van der Waals surface area contributed by atoms with Crippen molar-refractivity contribution in [3.05, 3.63) is 29.7 Å². The second kappa shape index (κ2) is 5.55. The van der Waals surface area contributed by atoms with E-state index >= 15 is 0 Å². The predicted octanol–water partition coefficient (Wildman–Crippen LogP) is 2.86. The van der Waals surface area contributed by atoms with Crippen LogP contribution < -0.4 is 0 Å². The second-order valence-electron chi connectivity index (χ2n) is 5.16. The third-order valence-corrected chi connectivity index (χ3v) is 3.84. The van der Waals surface area contributed by atoms with Gasteiger partial charge in [-0.3, -0.25) is 9.48 Å². The summed E-state index contributed by atoms with van der Waals surface area (Å²) in [5.41, 5.74) is 1.24. The van der Waals surface area contributed by atoms with Gasteiger partial charge in [0.05, 0.1) is 24.3 Å². The summed E-state index contributed by atoms with van der Waals surface area (Å²) in [6.07, 6.45) is 8.33. The zero-order chi connectivity index (χ0) is 14.8. The van der Waals surface area contributed by atoms with Crippen molar-refractivity contribution in [1.82, 2.24) is 9.78 Å². The number of methoxy groups -OCH3 is 1. The Kier molecular flexibility index (Phi) is 3.60. The van der Waals surface area contributed by atoms with E-state index in [1.165, 1.54) is 26.2 Å². The highest BCUT2D eigenvalue weighted by Crippen LogP contribution is 2.31. The third-order valence-electron chi connectivity index (χ3n) is 3.84. The monoisotopic (exact) mass is 288 g/mol. The summed E-state index contributed by atoms with van der Waals surface area (Å²) in [5, 5.41) is 4.47. The summed E-state index contributed by atoms with van der Waals surface area (Å²) in [4.78, 5) is 22.7. The number of furan rings is 1. The standard InChI is InChI=1S/C15H16N2O4/c1-20-15(19)10-6-13(21-9-10)14-11(8-18)7-17(16-14)12-4-2-3-5-12/h6-9,12H,2-5H2,1H3. The van der Waals surface area contributed by atoms with Crippen molar-refractivity contribution >= 4 is 12.3 Å². The van der Waals surface area contributed by atoms with Gasteiger partial charge >= 0.3 is 5.97 Å². The molecule has 1 fully saturated rings. The number of esters is 1. The number of aldehydes is 1. The van der Waals surface area contributed by atoms with Gasteiger partial charge in [0.25, 0.3) is 0 Å². The van der Waals surface area contributed by atoms with Crippen LogP contribution >= 0.6 is 0 Å². The lowest BCUT2D eigenvalue weighted by Crippen LogP contribution is -2.04. The largest absolute Gasteiger partial charge is 0.465 e. The highest BCUT2D eigenvalue weighted by Gasteiger charge is 2.22. The number of hydrogen-bond acceptors (Lipinski definition) is 5. The van der Waals surface area contributed by atoms with Gasteiger partial charge in [-0.25, -0.2) is 4.79 Å². The van der Waals surface area contributed by atoms with Crippen molar-refractivity contribution < 1.29 is 18.7 Å². The molecule has 0 saturated heterocycles. The molecule has 6 heteroatoms. The molecule has 2 aromatic rings. The molecule has 3 rings (SSSR count). The van der Waals surface area contributed by atoms with Gasteiger partial charge in [-0.1, -0.05) is 12.8 Å². The molecule has 0 aromatic carbocycles. The van der Waals surface area contributed by atoms with Crippen LogP contribution in [0.2, 0.25) is 0 Å². The fourth-order valence-corrected chi connectivity index (χ4v) is 2.72. The maximum absolute atomic E-state index is 11.4. The highest BCUT2D eigenvalue weighted by molar-refractivity contribution is 5.91. The summed E-state index contributed by atoms with van der Waals surface area (Å²) >= 11 is 0. The van der Waals surface area contributed by atoms with Gasteiger partial charge < -0.3 is 9.15 Å². The Hall–Kier alpha value is -2.37. The maximum atomic E-state index is 11.4. The number of ether oxygens (including phenoxy) is 1. The first-order valence-electron chi connectivity index (χ1n) is 6.94. The molecule has 0 unspecified atom stereocenters. The normalized spacial score (nSPS) is 15.3. The number of rotatable bonds is 4. The minimum absolute atomic E-state index is 0.305. The fourth-order valence-electron chi connectivity index (χ4n) is 2.72. The van der Waals surface area contributed by atoms with Crippen molar-refractivity contribution in [3.8, 4) is 11.5 Å². The minimum atomic E-state index is -0.479. The quantitative estimate of drug-likeness (QED) is 0.639. The van der Waals surface area contributed by atoms with Gasteiger partial charge in [0, 0.05) is 12.3 Å². The molecule has 1 aliphatic rings. The van der Waals surface area contributed by atoms with Crippen molar-refractivity contribution in [2.24, 2.45) is 0 Å². The smallest absolute Gasteiger partial charge is 0.341 e. The van der Waals surface area contributed by atoms with Gasteiger partial charge in [-0.05, 0) is 12.8 Å². The Morgan fingerprint density at radius 3 is 2.90 bits per heavy atom. The van der Waals surface area contributed by atoms with E-state index in [9.17, 15) is 9.59 Å². The van der Waals surface area contributed by atoms with E-state index in [1.807, 2.05) is 4.68 Å². The van der Waals surface area contributed by atoms with Crippen LogP contribution in [0.15, 0.2) is 22.9 Å². The zero-order valence-electron chi connectivity index (χ0n) is 11.7. The molecule has 0 atom stereocenters. The summed E-state index contributed by atoms with van der Waals surface area (Å²) in [6.45, 7) is 0. The zero-order valence-corrected chi connectivity index (χ0v) is 11.7. The molecule has 0 spiro atoms. The van der Waals surface area contributed by atoms with E-state index in [-0.39, 0.29) is 0 Å². The molecule has 1 saturated carbocycles. The molecular weight excluding hydrogens is 272 g/mol. The van der Waals surface area contributed by atoms with Crippen LogP contribution in [0.25, 0.3) is 11.5 Å². The molecule has 2 heterocycles. The predicted molar refractivity (Wildman–Crippen MR) is 74.2 cm³/mol. The van der Waals surface area contributed by atoms with Gasteiger partial charge in [-0.2, -0.15) is 5.10 Å². The first-order valence-corrected chi connectivity index (χ1v) is 6.94. The second-order valence-corrected chi connectivity index (χ2v) is 5.16. The van der Waals surface area contributed by atoms with Gasteiger partial charge in [-0.15, -0.1) is 0 Å². The Bertz CT molecular complexity index is 665. The van der Waals surface area contributed by atoms with Crippen molar-refractivity contribution in [2.75, 3.05) is 7.11 Å². The number of hydrogen-bond donors (Lipinski definition) is 0. The molecule has 110 valence electrons. The molecule has 1 aliphatic carbocycles. The van der Waals surface area contributed by atoms with Gasteiger partial charge in [0.2, 0.25) is 0 Å². The highest BCUT2D eigenvalue weighted by atomic mass is 16.5. The Morgan fingerprint density at radius 2 is 2.24 bits per heavy atom. The average Bonchev–Trinajstić information content (AvgIpc) is 3.23. The lowest BCUT2D eigenvalue weighted by molar-refractivity contribution is 0.0600. The molecule has 6 nitrogen and oxygen atoms in total. The number of nitrogens with zero attached hydrogens (tertiary/aromatic N) is 2. The van der Waals surface area contributed by atoms with Crippen molar-refractivity contribution in [1.29, 1.82) is 0 Å². The molecule has 0 amide bonds. The molecule has 2 aromatic heterocycles. The average molecular weight is 288 g/mol. The van der Waals surface area contributed by atoms with E-state index in [2.05, 4.69) is 9.84 Å². The van der Waals surface area contributed by atoms with E-state index in [4.69, 9.17) is 4.42 Å². The first-order chi connectivity index (χ1) is 10.2. The van der Waals surface area contributed by atoms with E-state index in [0.717, 1.165) is 19.1 Å². The van der Waals surface area contributed by atoms with Crippen LogP contribution in [0.5, 0.6) is 0 Å². The summed E-state index contributed by atoms with van der Waals surface area (Å²) in [5.74, 6) is -0.0814. The van der Waals surface area contributed by atoms with Crippen LogP contribution in [0.1, 0.15) is 52.4 Å². The summed E-state index contributed by atoms with van der Waals surface area (Å²) < 4.78 is 11.8. The fraction of sp³-hybridized carbons (Fsp3) is 0.400. The molecular formula is C15H16N2O4. The SMILES string of the molecule is COC(=O)c1coc(-c2nn(C3CCCC3)cc2C=O)c1. The lowest BCUT2D eigenvalue weighted by atomic mass is 10.2. The van der Waals surface area contributed by atoms with E-state index in [0.29, 0.717) is 28.6 Å². The van der Waals surface area contributed by atoms with Crippen molar-refractivity contribution in [3.63, 3.8) is 0 Å². The molecule has 0 N–H and O–H groups in total. The summed E-state index contributed by atoms with van der Waals surface area (Å²) in [7, 11) is 1.31. The van der Waals surface area contributed by atoms with Gasteiger partial charge in [0.15, 0.2) is 12.0 Å². The Balaban J connectivity index is 1.95. The Labute approximate surface area is 121 Å². The van der Waals surface area contributed by atoms with Gasteiger partial charge in [0.1, 0.15) is 12.0 Å². The molecule has 0 radical (unpaired) electrons. The molecule has 0 bridgehead atoms. The lowest BCUT2D eigenvalue weighted by Gasteiger charge is -2.08. The number of carbonyl (C=O) groups is 2. The van der Waals surface area contributed by atoms with Crippen LogP contribution in [-0.2, 0) is 4.74 Å². The number of aromatic nitrogens is 2. The third kappa shape index (κ3) is 2.49. The maximum Gasteiger partial charge on any atom is 0.341 e. The van der Waals surface area contributed by atoms with Crippen LogP contribution in [0.4, 0.5) is 0 Å². The Morgan fingerprint density at radius 1 is 1.48 bits per heavy atom. The summed E-state index contributed by atoms with van der Waals surface area (Å²) in [6, 6.07) is 1.88. The van der Waals surface area contributed by atoms with Crippen molar-refractivity contribution in [2.45, 2.75) is 31.7 Å². The van der Waals surface area contributed by atoms with E-state index < -0.39 is 5.97 Å². The van der Waals surface area contributed by atoms with Crippen LogP contribution in [0.3, 0.4) is 0 Å². The minimum Gasteiger partial charge on any atom is -0.465 e. The first kappa shape index (κ1) is 13.6. The van der Waals surface area contributed by atoms with Crippen LogP contribution in [-0.4, -0.2) is 29.1 Å². The molecule has 0 aliphatic heterocycles. The number of carbonyl (C=O) groups excluding carboxylic acids is 2. The topological polar surface area (TPSA) is 74.3 Å². The van der Waals surface area contributed by atoms with E-state index in [1.54, 1.807) is 12.3 Å². The molecule has 21 heavy (non-hydrogen) atoms.